The van der Waals surface area contributed by atoms with E-state index < -0.39 is 16.9 Å². The van der Waals surface area contributed by atoms with E-state index >= 15 is 0 Å². The number of hydrogen-bond donors (Lipinski definition) is 2. The molecule has 1 unspecified atom stereocenters. The highest BCUT2D eigenvalue weighted by Gasteiger charge is 2.22. The number of non-ortho nitro benzene ring substituents is 1. The van der Waals surface area contributed by atoms with Gasteiger partial charge >= 0.3 is 0 Å². The van der Waals surface area contributed by atoms with Gasteiger partial charge in [-0.3, -0.25) is 20.3 Å². The fraction of sp³-hybridized carbons (Fsp3) is 0.300. The minimum atomic E-state index is -1.06. The van der Waals surface area contributed by atoms with E-state index in [4.69, 9.17) is 26.9 Å². The van der Waals surface area contributed by atoms with Crippen molar-refractivity contribution in [2.75, 3.05) is 13.7 Å². The highest BCUT2D eigenvalue weighted by Crippen LogP contribution is 2.29. The average Bonchev–Trinajstić information content (AvgIpc) is 2.39. The standard InChI is InChI=1S/C10H12ClN3O5/c1-18-5-9(10(15)13-12)19-8-4-6(14(16)17)2-3-7(8)11/h2-4,9H,5,12H2,1H3,(H,13,15). The average molecular weight is 290 g/mol. The van der Waals surface area contributed by atoms with Crippen molar-refractivity contribution in [3.05, 3.63) is 33.3 Å². The largest absolute Gasteiger partial charge is 0.476 e. The van der Waals surface area contributed by atoms with Crippen LogP contribution in [0.25, 0.3) is 0 Å². The van der Waals surface area contributed by atoms with E-state index in [9.17, 15) is 14.9 Å². The van der Waals surface area contributed by atoms with E-state index in [-0.39, 0.29) is 23.1 Å². The smallest absolute Gasteiger partial charge is 0.277 e. The Hall–Kier alpha value is -1.90. The van der Waals surface area contributed by atoms with Gasteiger partial charge < -0.3 is 9.47 Å². The number of nitrogens with one attached hydrogen (secondary N) is 1. The highest BCUT2D eigenvalue weighted by molar-refractivity contribution is 6.32. The Bertz CT molecular complexity index is 482. The minimum absolute atomic E-state index is 0.00140. The number of hydrazine groups is 1. The first-order valence-corrected chi connectivity index (χ1v) is 5.47. The van der Waals surface area contributed by atoms with E-state index in [1.807, 2.05) is 5.43 Å². The molecule has 104 valence electrons. The van der Waals surface area contributed by atoms with Gasteiger partial charge in [0.05, 0.1) is 22.6 Å². The summed E-state index contributed by atoms with van der Waals surface area (Å²) in [7, 11) is 1.37. The summed E-state index contributed by atoms with van der Waals surface area (Å²) in [5.74, 6) is 4.36. The molecule has 1 amide bonds. The van der Waals surface area contributed by atoms with Crippen molar-refractivity contribution in [3.63, 3.8) is 0 Å². The maximum Gasteiger partial charge on any atom is 0.277 e. The summed E-state index contributed by atoms with van der Waals surface area (Å²) >= 11 is 5.84. The molecule has 0 saturated heterocycles. The molecule has 0 aliphatic carbocycles. The van der Waals surface area contributed by atoms with Crippen molar-refractivity contribution in [2.24, 2.45) is 5.84 Å². The number of benzene rings is 1. The van der Waals surface area contributed by atoms with Crippen LogP contribution in [0.15, 0.2) is 18.2 Å². The van der Waals surface area contributed by atoms with Crippen molar-refractivity contribution < 1.29 is 19.2 Å². The number of methoxy groups -OCH3 is 1. The van der Waals surface area contributed by atoms with E-state index in [2.05, 4.69) is 0 Å². The van der Waals surface area contributed by atoms with Crippen LogP contribution in [-0.4, -0.2) is 30.7 Å². The van der Waals surface area contributed by atoms with Crippen molar-refractivity contribution >= 4 is 23.2 Å². The van der Waals surface area contributed by atoms with Gasteiger partial charge in [-0.15, -0.1) is 0 Å². The van der Waals surface area contributed by atoms with Crippen LogP contribution in [0.5, 0.6) is 5.75 Å². The Morgan fingerprint density at radius 1 is 1.63 bits per heavy atom. The van der Waals surface area contributed by atoms with Crippen molar-refractivity contribution in [1.29, 1.82) is 0 Å². The van der Waals surface area contributed by atoms with Crippen LogP contribution < -0.4 is 16.0 Å². The molecule has 3 N–H and O–H groups in total. The summed E-state index contributed by atoms with van der Waals surface area (Å²) < 4.78 is 10.1. The van der Waals surface area contributed by atoms with Gasteiger partial charge in [-0.25, -0.2) is 5.84 Å². The lowest BCUT2D eigenvalue weighted by Crippen LogP contribution is -2.44. The lowest BCUT2D eigenvalue weighted by molar-refractivity contribution is -0.384. The molecular formula is C10H12ClN3O5. The lowest BCUT2D eigenvalue weighted by Gasteiger charge is -2.17. The van der Waals surface area contributed by atoms with Crippen molar-refractivity contribution in [2.45, 2.75) is 6.10 Å². The molecule has 1 aromatic carbocycles. The van der Waals surface area contributed by atoms with Gasteiger partial charge in [0.2, 0.25) is 6.10 Å². The maximum atomic E-state index is 11.4. The lowest BCUT2D eigenvalue weighted by atomic mass is 10.3. The third-order valence-corrected chi connectivity index (χ3v) is 2.46. The van der Waals surface area contributed by atoms with Crippen molar-refractivity contribution in [3.8, 4) is 5.75 Å². The molecule has 0 saturated carbocycles. The van der Waals surface area contributed by atoms with Crippen LogP contribution in [0.4, 0.5) is 5.69 Å². The first-order valence-electron chi connectivity index (χ1n) is 5.09. The number of ether oxygens (including phenoxy) is 2. The number of carbonyl (C=O) groups excluding carboxylic acids is 1. The van der Waals surface area contributed by atoms with Crippen LogP contribution in [0.2, 0.25) is 5.02 Å². The molecule has 1 rings (SSSR count). The Kier molecular flexibility index (Phi) is 5.49. The molecule has 1 aromatic rings. The number of halogens is 1. The maximum absolute atomic E-state index is 11.4. The van der Waals surface area contributed by atoms with Crippen LogP contribution in [-0.2, 0) is 9.53 Å². The Labute approximate surface area is 113 Å². The first kappa shape index (κ1) is 15.2. The highest BCUT2D eigenvalue weighted by atomic mass is 35.5. The summed E-state index contributed by atoms with van der Waals surface area (Å²) in [6, 6.07) is 3.65. The van der Waals surface area contributed by atoms with E-state index in [1.54, 1.807) is 0 Å². The molecule has 0 aliphatic heterocycles. The van der Waals surface area contributed by atoms with Gasteiger partial charge in [-0.2, -0.15) is 0 Å². The van der Waals surface area contributed by atoms with E-state index in [1.165, 1.54) is 19.2 Å². The zero-order valence-corrected chi connectivity index (χ0v) is 10.7. The molecule has 0 radical (unpaired) electrons. The normalized spacial score (nSPS) is 11.7. The van der Waals surface area contributed by atoms with E-state index in [0.717, 1.165) is 6.07 Å². The Balaban J connectivity index is 2.97. The van der Waals surface area contributed by atoms with E-state index in [0.29, 0.717) is 0 Å². The zero-order chi connectivity index (χ0) is 14.4. The molecule has 0 aliphatic rings. The first-order chi connectivity index (χ1) is 8.99. The van der Waals surface area contributed by atoms with Gasteiger partial charge in [-0.05, 0) is 6.07 Å². The van der Waals surface area contributed by atoms with Crippen LogP contribution in [0.1, 0.15) is 0 Å². The number of nitrogens with zero attached hydrogens (tertiary/aromatic N) is 1. The number of rotatable bonds is 6. The molecule has 8 nitrogen and oxygen atoms in total. The predicted molar refractivity (Wildman–Crippen MR) is 66.7 cm³/mol. The van der Waals surface area contributed by atoms with Gasteiger partial charge in [0.15, 0.2) is 0 Å². The number of carbonyl (C=O) groups is 1. The van der Waals surface area contributed by atoms with Crippen LogP contribution >= 0.6 is 11.6 Å². The summed E-state index contributed by atoms with van der Waals surface area (Å²) in [5.41, 5.74) is 1.70. The second-order valence-electron chi connectivity index (χ2n) is 3.44. The molecule has 0 fully saturated rings. The number of nitro benzene ring substituents is 1. The molecule has 19 heavy (non-hydrogen) atoms. The number of nitro groups is 1. The Morgan fingerprint density at radius 2 is 2.32 bits per heavy atom. The second kappa shape index (κ2) is 6.88. The molecule has 1 atom stereocenters. The van der Waals surface area contributed by atoms with Gasteiger partial charge in [0.25, 0.3) is 11.6 Å². The summed E-state index contributed by atoms with van der Waals surface area (Å²) in [4.78, 5) is 21.5. The van der Waals surface area contributed by atoms with Crippen LogP contribution in [0.3, 0.4) is 0 Å². The SMILES string of the molecule is COCC(Oc1cc([N+](=O)[O-])ccc1Cl)C(=O)NN. The van der Waals surface area contributed by atoms with Gasteiger partial charge in [0, 0.05) is 13.2 Å². The predicted octanol–water partition coefficient (Wildman–Crippen LogP) is 0.632. The molecule has 0 heterocycles. The van der Waals surface area contributed by atoms with Crippen LogP contribution in [0, 0.1) is 10.1 Å². The number of amides is 1. The topological polar surface area (TPSA) is 117 Å². The molecule has 0 bridgehead atoms. The fourth-order valence-electron chi connectivity index (χ4n) is 1.26. The molecule has 9 heteroatoms. The summed E-state index contributed by atoms with van der Waals surface area (Å²) in [5, 5.41) is 10.8. The fourth-order valence-corrected chi connectivity index (χ4v) is 1.42. The molecular weight excluding hydrogens is 278 g/mol. The number of nitrogens with two attached hydrogens (primary N) is 1. The number of hydrogen-bond acceptors (Lipinski definition) is 6. The third-order valence-electron chi connectivity index (χ3n) is 2.15. The molecule has 0 spiro atoms. The minimum Gasteiger partial charge on any atom is -0.476 e. The van der Waals surface area contributed by atoms with Gasteiger partial charge in [0.1, 0.15) is 5.75 Å². The Morgan fingerprint density at radius 3 is 2.84 bits per heavy atom. The van der Waals surface area contributed by atoms with Crippen molar-refractivity contribution in [1.82, 2.24) is 5.43 Å². The zero-order valence-electron chi connectivity index (χ0n) is 9.96. The second-order valence-corrected chi connectivity index (χ2v) is 3.85. The van der Waals surface area contributed by atoms with Gasteiger partial charge in [-0.1, -0.05) is 11.6 Å². The quantitative estimate of drug-likeness (QED) is 0.343. The molecule has 0 aromatic heterocycles. The third kappa shape index (κ3) is 4.05. The summed E-state index contributed by atoms with van der Waals surface area (Å²) in [6.45, 7) is -0.0813. The monoisotopic (exact) mass is 289 g/mol. The summed E-state index contributed by atoms with van der Waals surface area (Å²) in [6.07, 6.45) is -1.06.